The number of aliphatic hydroxyl groups excluding tert-OH is 1. The van der Waals surface area contributed by atoms with Crippen LogP contribution < -0.4 is 9.47 Å². The topological polar surface area (TPSA) is 83.5 Å². The Kier molecular flexibility index (Phi) is 8.05. The number of esters is 1. The lowest BCUT2D eigenvalue weighted by Crippen LogP contribution is -2.52. The zero-order valence-corrected chi connectivity index (χ0v) is 18.5. The Morgan fingerprint density at radius 3 is 2.43 bits per heavy atom. The fourth-order valence-electron chi connectivity index (χ4n) is 3.47. The van der Waals surface area contributed by atoms with Crippen molar-refractivity contribution in [1.82, 2.24) is 0 Å². The van der Waals surface area contributed by atoms with E-state index in [-0.39, 0.29) is 6.10 Å². The molecule has 2 aliphatic rings. The van der Waals surface area contributed by atoms with Crippen LogP contribution >= 0.6 is 0 Å². The highest BCUT2D eigenvalue weighted by molar-refractivity contribution is 5.91. The van der Waals surface area contributed by atoms with Gasteiger partial charge in [0.15, 0.2) is 6.29 Å². The molecule has 35 heavy (non-hydrogen) atoms. The van der Waals surface area contributed by atoms with Crippen LogP contribution in [0.1, 0.15) is 28.6 Å². The lowest BCUT2D eigenvalue weighted by Gasteiger charge is -2.41. The number of hydrogen-bond acceptors (Lipinski definition) is 7. The van der Waals surface area contributed by atoms with Gasteiger partial charge in [-0.15, -0.1) is 6.42 Å². The molecule has 0 saturated carbocycles. The molecule has 0 unspecified atom stereocenters. The van der Waals surface area contributed by atoms with Crippen molar-refractivity contribution in [3.8, 4) is 59.6 Å². The van der Waals surface area contributed by atoms with Gasteiger partial charge in [0.05, 0.1) is 18.3 Å². The Balaban J connectivity index is 1.30. The quantitative estimate of drug-likeness (QED) is 0.419. The average Bonchev–Trinajstić information content (AvgIpc) is 2.89. The molecule has 2 aromatic rings. The highest BCUT2D eigenvalue weighted by Crippen LogP contribution is 2.32. The van der Waals surface area contributed by atoms with Crippen LogP contribution in [0.4, 0.5) is 0 Å². The Labute approximate surface area is 203 Å². The summed E-state index contributed by atoms with van der Waals surface area (Å²) in [6.45, 7) is 0.825. The van der Waals surface area contributed by atoms with E-state index < -0.39 is 24.5 Å². The van der Waals surface area contributed by atoms with Gasteiger partial charge in [-0.3, -0.25) is 0 Å². The van der Waals surface area contributed by atoms with Gasteiger partial charge in [-0.05, 0) is 60.6 Å². The Morgan fingerprint density at radius 1 is 0.943 bits per heavy atom. The van der Waals surface area contributed by atoms with Crippen molar-refractivity contribution < 1.29 is 33.6 Å². The van der Waals surface area contributed by atoms with Gasteiger partial charge in [0.1, 0.15) is 29.8 Å². The van der Waals surface area contributed by atoms with E-state index in [1.54, 1.807) is 48.5 Å². The van der Waals surface area contributed by atoms with Gasteiger partial charge < -0.3 is 28.8 Å². The second kappa shape index (κ2) is 11.8. The van der Waals surface area contributed by atoms with Crippen LogP contribution in [0, 0.1) is 48.1 Å². The van der Waals surface area contributed by atoms with Crippen LogP contribution in [0.25, 0.3) is 0 Å². The molecule has 0 spiro atoms. The van der Waals surface area contributed by atoms with Gasteiger partial charge in [-0.2, -0.15) is 0 Å². The molecule has 4 rings (SSSR count). The molecule has 174 valence electrons. The van der Waals surface area contributed by atoms with Crippen LogP contribution in [0.3, 0.4) is 0 Å². The first-order chi connectivity index (χ1) is 17.1. The number of aliphatic hydroxyl groups is 1. The lowest BCUT2D eigenvalue weighted by molar-refractivity contribution is -0.298. The van der Waals surface area contributed by atoms with Crippen LogP contribution in [-0.2, 0) is 14.2 Å². The maximum Gasteiger partial charge on any atom is 0.343 e. The molecule has 2 fully saturated rings. The summed E-state index contributed by atoms with van der Waals surface area (Å²) in [5.74, 6) is 14.6. The zero-order valence-electron chi connectivity index (χ0n) is 18.5. The van der Waals surface area contributed by atoms with E-state index in [0.717, 1.165) is 5.56 Å². The summed E-state index contributed by atoms with van der Waals surface area (Å²) in [5, 5.41) is 10.2. The first-order valence-corrected chi connectivity index (χ1v) is 10.8. The Bertz CT molecular complexity index is 1270. The largest absolute Gasteiger partial charge is 0.423 e. The highest BCUT2D eigenvalue weighted by Gasteiger charge is 2.40. The average molecular weight is 468 g/mol. The molecular weight excluding hydrogens is 448 g/mol. The minimum absolute atomic E-state index is 0.271. The molecule has 0 aromatic heterocycles. The van der Waals surface area contributed by atoms with E-state index in [1.807, 2.05) is 0 Å². The number of rotatable bonds is 4. The minimum Gasteiger partial charge on any atom is -0.423 e. The predicted molar refractivity (Wildman–Crippen MR) is 125 cm³/mol. The Morgan fingerprint density at radius 2 is 1.66 bits per heavy atom. The molecule has 2 saturated heterocycles. The van der Waals surface area contributed by atoms with Gasteiger partial charge in [-0.1, -0.05) is 12.1 Å². The van der Waals surface area contributed by atoms with Gasteiger partial charge in [0.25, 0.3) is 0 Å². The van der Waals surface area contributed by atoms with E-state index in [0.29, 0.717) is 36.7 Å². The van der Waals surface area contributed by atoms with Crippen LogP contribution in [0.2, 0.25) is 0 Å². The number of fused-ring (bicyclic) bond motifs is 1. The van der Waals surface area contributed by atoms with E-state index in [1.165, 1.54) is 0 Å². The molecule has 2 heterocycles. The van der Waals surface area contributed by atoms with Gasteiger partial charge in [0, 0.05) is 29.9 Å². The predicted octanol–water partition coefficient (Wildman–Crippen LogP) is 2.45. The lowest BCUT2D eigenvalue weighted by atomic mass is 10.0. The molecule has 0 radical (unpaired) electrons. The summed E-state index contributed by atoms with van der Waals surface area (Å²) in [6.07, 6.45) is 6.00. The first kappa shape index (κ1) is 23.9. The molecule has 0 amide bonds. The third-order valence-corrected chi connectivity index (χ3v) is 5.18. The maximum atomic E-state index is 12.5. The highest BCUT2D eigenvalue weighted by atomic mass is 16.7. The monoisotopic (exact) mass is 468 g/mol. The zero-order chi connectivity index (χ0) is 24.5. The van der Waals surface area contributed by atoms with Crippen LogP contribution in [0.15, 0.2) is 48.5 Å². The van der Waals surface area contributed by atoms with Gasteiger partial charge in [-0.25, -0.2) is 4.79 Å². The molecule has 2 aromatic carbocycles. The second-order valence-corrected chi connectivity index (χ2v) is 7.49. The summed E-state index contributed by atoms with van der Waals surface area (Å²) < 4.78 is 27.9. The summed E-state index contributed by atoms with van der Waals surface area (Å²) in [6, 6.07) is 13.1. The fraction of sp³-hybridized carbons (Fsp3) is 0.250. The van der Waals surface area contributed by atoms with Crippen molar-refractivity contribution in [1.29, 1.82) is 0 Å². The normalized spacial score (nSPS) is 22.3. The summed E-state index contributed by atoms with van der Waals surface area (Å²) >= 11 is 0. The number of ether oxygens (including phenoxy) is 5. The molecule has 1 N–H and O–H groups in total. The number of carbonyl (C=O) groups is 1. The number of hydrogen-bond donors (Lipinski definition) is 1. The first-order valence-electron chi connectivity index (χ1n) is 10.8. The van der Waals surface area contributed by atoms with Gasteiger partial charge in [0.2, 0.25) is 0 Å². The van der Waals surface area contributed by atoms with E-state index in [2.05, 4.69) is 41.6 Å². The fourth-order valence-corrected chi connectivity index (χ4v) is 3.47. The SMILES string of the molecule is C#CC#CC#CC#COc1ccc(C(=O)Oc2ccc([C@@H]3OC[C@H]4OCC[C@@H](O)[C@@H]4O3)cc2)cc1. The third kappa shape index (κ3) is 6.44. The summed E-state index contributed by atoms with van der Waals surface area (Å²) in [5.41, 5.74) is 1.09. The number of terminal acetylenes is 1. The van der Waals surface area contributed by atoms with Gasteiger partial charge >= 0.3 is 5.97 Å². The Hall–Kier alpha value is -4.21. The standard InChI is InChI=1S/C28H20O7/c1-2-3-4-5-6-7-17-31-22-12-8-20(9-13-22)27(30)34-23-14-10-21(11-15-23)28-33-19-25-26(35-28)24(29)16-18-32-25/h1,8-15,24-26,28-29H,16,18-19H2/t24-,25-,26+,28-/m1/s1. The molecule has 4 atom stereocenters. The summed E-state index contributed by atoms with van der Waals surface area (Å²) in [4.78, 5) is 12.5. The second-order valence-electron chi connectivity index (χ2n) is 7.49. The molecule has 2 aliphatic heterocycles. The molecule has 0 aliphatic carbocycles. The van der Waals surface area contributed by atoms with Crippen molar-refractivity contribution >= 4 is 5.97 Å². The number of benzene rings is 2. The van der Waals surface area contributed by atoms with Crippen molar-refractivity contribution in [2.24, 2.45) is 0 Å². The summed E-state index contributed by atoms with van der Waals surface area (Å²) in [7, 11) is 0. The molecule has 7 nitrogen and oxygen atoms in total. The van der Waals surface area contributed by atoms with Crippen LogP contribution in [0.5, 0.6) is 11.5 Å². The minimum atomic E-state index is -0.630. The molecule has 0 bridgehead atoms. The smallest absolute Gasteiger partial charge is 0.343 e. The van der Waals surface area contributed by atoms with Crippen molar-refractivity contribution in [2.45, 2.75) is 31.0 Å². The van der Waals surface area contributed by atoms with Crippen molar-refractivity contribution in [3.05, 3.63) is 59.7 Å². The molecular formula is C28H20O7. The molecule has 7 heteroatoms. The van der Waals surface area contributed by atoms with E-state index >= 15 is 0 Å². The van der Waals surface area contributed by atoms with E-state index in [9.17, 15) is 9.90 Å². The van der Waals surface area contributed by atoms with E-state index in [4.69, 9.17) is 30.1 Å². The van der Waals surface area contributed by atoms with Crippen LogP contribution in [-0.4, -0.2) is 42.6 Å². The van der Waals surface area contributed by atoms with Crippen molar-refractivity contribution in [2.75, 3.05) is 13.2 Å². The number of carbonyl (C=O) groups excluding carboxylic acids is 1. The third-order valence-electron chi connectivity index (χ3n) is 5.18. The van der Waals surface area contributed by atoms with Crippen molar-refractivity contribution in [3.63, 3.8) is 0 Å². The maximum absolute atomic E-state index is 12.5.